The Morgan fingerprint density at radius 1 is 0.967 bits per heavy atom. The molecule has 5 nitrogen and oxygen atoms in total. The van der Waals surface area contributed by atoms with E-state index < -0.39 is 11.7 Å². The summed E-state index contributed by atoms with van der Waals surface area (Å²) in [4.78, 5) is 0. The van der Waals surface area contributed by atoms with Crippen molar-refractivity contribution < 1.29 is 22.6 Å². The standard InChI is InChI=1S/C22H22F3N3O2/c1-29-17-11-7-12-18(30-2)19(17)20-14-8-5-6-13-26-21(14)28(27-20)16-10-4-3-9-15(16)22(23,24)25/h3-4,7,9-12,26H,5-6,8,13H2,1-2H3. The largest absolute Gasteiger partial charge is 0.496 e. The molecule has 0 amide bonds. The highest BCUT2D eigenvalue weighted by atomic mass is 19.4. The molecule has 8 heteroatoms. The monoisotopic (exact) mass is 417 g/mol. The molecule has 0 saturated carbocycles. The number of nitrogens with one attached hydrogen (secondary N) is 1. The smallest absolute Gasteiger partial charge is 0.418 e. The number of fused-ring (bicyclic) bond motifs is 1. The van der Waals surface area contributed by atoms with E-state index in [-0.39, 0.29) is 5.69 Å². The van der Waals surface area contributed by atoms with Crippen molar-refractivity contribution in [1.29, 1.82) is 0 Å². The highest BCUT2D eigenvalue weighted by Crippen LogP contribution is 2.44. The number of ether oxygens (including phenoxy) is 2. The molecule has 3 aromatic rings. The van der Waals surface area contributed by atoms with Gasteiger partial charge in [0.15, 0.2) is 0 Å². The van der Waals surface area contributed by atoms with Crippen molar-refractivity contribution in [3.63, 3.8) is 0 Å². The minimum Gasteiger partial charge on any atom is -0.496 e. The van der Waals surface area contributed by atoms with Gasteiger partial charge in [-0.2, -0.15) is 18.3 Å². The number of hydrogen-bond acceptors (Lipinski definition) is 4. The summed E-state index contributed by atoms with van der Waals surface area (Å²) in [6.07, 6.45) is -2.00. The second kappa shape index (κ2) is 7.93. The molecule has 0 fully saturated rings. The Morgan fingerprint density at radius 3 is 2.33 bits per heavy atom. The molecule has 0 radical (unpaired) electrons. The predicted octanol–water partition coefficient (Wildman–Crippen LogP) is 5.32. The number of benzene rings is 2. The van der Waals surface area contributed by atoms with Crippen molar-refractivity contribution >= 4 is 5.82 Å². The molecule has 30 heavy (non-hydrogen) atoms. The average Bonchev–Trinajstić information content (AvgIpc) is 2.92. The molecular weight excluding hydrogens is 395 g/mol. The average molecular weight is 417 g/mol. The third-order valence-corrected chi connectivity index (χ3v) is 5.23. The number of nitrogens with zero attached hydrogens (tertiary/aromatic N) is 2. The second-order valence-electron chi connectivity index (χ2n) is 7.02. The molecule has 1 N–H and O–H groups in total. The van der Waals surface area contributed by atoms with Gasteiger partial charge < -0.3 is 14.8 Å². The van der Waals surface area contributed by atoms with Crippen molar-refractivity contribution in [2.45, 2.75) is 25.4 Å². The molecule has 1 aromatic heterocycles. The predicted molar refractivity (Wildman–Crippen MR) is 109 cm³/mol. The Kier molecular flexibility index (Phi) is 5.32. The fourth-order valence-electron chi connectivity index (χ4n) is 3.86. The maximum Gasteiger partial charge on any atom is 0.418 e. The van der Waals surface area contributed by atoms with Gasteiger partial charge >= 0.3 is 6.18 Å². The summed E-state index contributed by atoms with van der Waals surface area (Å²) >= 11 is 0. The van der Waals surface area contributed by atoms with Crippen molar-refractivity contribution in [3.8, 4) is 28.4 Å². The summed E-state index contributed by atoms with van der Waals surface area (Å²) in [6, 6.07) is 10.8. The van der Waals surface area contributed by atoms with Crippen molar-refractivity contribution in [1.82, 2.24) is 9.78 Å². The van der Waals surface area contributed by atoms with Crippen LogP contribution in [0.2, 0.25) is 0 Å². The molecule has 158 valence electrons. The lowest BCUT2D eigenvalue weighted by molar-refractivity contribution is -0.137. The number of para-hydroxylation sites is 1. The number of alkyl halides is 3. The lowest BCUT2D eigenvalue weighted by Crippen LogP contribution is -2.14. The van der Waals surface area contributed by atoms with Gasteiger partial charge in [0.25, 0.3) is 0 Å². The minimum atomic E-state index is -4.50. The Hall–Kier alpha value is -3.16. The quantitative estimate of drug-likeness (QED) is 0.624. The van der Waals surface area contributed by atoms with Gasteiger partial charge in [0.05, 0.1) is 31.0 Å². The molecule has 2 aromatic carbocycles. The van der Waals surface area contributed by atoms with Crippen LogP contribution in [0.25, 0.3) is 16.9 Å². The van der Waals surface area contributed by atoms with E-state index in [0.717, 1.165) is 24.5 Å². The SMILES string of the molecule is COc1cccc(OC)c1-c1nn(-c2ccccc2C(F)(F)F)c2c1CCCCN2. The molecule has 0 saturated heterocycles. The van der Waals surface area contributed by atoms with Gasteiger partial charge in [0.1, 0.15) is 23.0 Å². The topological polar surface area (TPSA) is 48.3 Å². The number of aromatic nitrogens is 2. The Balaban J connectivity index is 2.01. The van der Waals surface area contributed by atoms with Gasteiger partial charge in [0, 0.05) is 12.1 Å². The number of halogens is 3. The molecule has 2 heterocycles. The molecule has 0 spiro atoms. The van der Waals surface area contributed by atoms with Crippen molar-refractivity contribution in [2.24, 2.45) is 0 Å². The fraction of sp³-hybridized carbons (Fsp3) is 0.318. The maximum atomic E-state index is 13.7. The number of methoxy groups -OCH3 is 2. The molecule has 0 unspecified atom stereocenters. The van der Waals surface area contributed by atoms with E-state index in [1.165, 1.54) is 16.8 Å². The van der Waals surface area contributed by atoms with Crippen molar-refractivity contribution in [2.75, 3.05) is 26.1 Å². The van der Waals surface area contributed by atoms with Gasteiger partial charge in [-0.15, -0.1) is 0 Å². The Labute approximate surface area is 172 Å². The summed E-state index contributed by atoms with van der Waals surface area (Å²) < 4.78 is 53.6. The summed E-state index contributed by atoms with van der Waals surface area (Å²) in [7, 11) is 3.09. The molecule has 1 aliphatic rings. The number of hydrogen-bond donors (Lipinski definition) is 1. The van der Waals surface area contributed by atoms with Gasteiger partial charge in [-0.05, 0) is 43.5 Å². The Bertz CT molecular complexity index is 1040. The van der Waals surface area contributed by atoms with E-state index in [9.17, 15) is 13.2 Å². The first-order valence-corrected chi connectivity index (χ1v) is 9.69. The van der Waals surface area contributed by atoms with Crippen LogP contribution < -0.4 is 14.8 Å². The van der Waals surface area contributed by atoms with Crippen LogP contribution >= 0.6 is 0 Å². The van der Waals surface area contributed by atoms with Crippen LogP contribution in [0, 0.1) is 0 Å². The van der Waals surface area contributed by atoms with E-state index in [1.807, 2.05) is 0 Å². The van der Waals surface area contributed by atoms with Crippen LogP contribution in [-0.4, -0.2) is 30.5 Å². The molecule has 0 bridgehead atoms. The first kappa shape index (κ1) is 20.1. The third-order valence-electron chi connectivity index (χ3n) is 5.23. The van der Waals surface area contributed by atoms with Gasteiger partial charge in [0.2, 0.25) is 0 Å². The summed E-state index contributed by atoms with van der Waals surface area (Å²) in [5, 5.41) is 7.95. The highest BCUT2D eigenvalue weighted by Gasteiger charge is 2.35. The van der Waals surface area contributed by atoms with Crippen LogP contribution in [0.4, 0.5) is 19.0 Å². The first-order chi connectivity index (χ1) is 14.5. The second-order valence-corrected chi connectivity index (χ2v) is 7.02. The van der Waals surface area contributed by atoms with Gasteiger partial charge in [-0.1, -0.05) is 18.2 Å². The van der Waals surface area contributed by atoms with Crippen LogP contribution in [0.3, 0.4) is 0 Å². The van der Waals surface area contributed by atoms with E-state index in [1.54, 1.807) is 38.5 Å². The number of rotatable bonds is 4. The van der Waals surface area contributed by atoms with Crippen molar-refractivity contribution in [3.05, 3.63) is 53.6 Å². The fourth-order valence-corrected chi connectivity index (χ4v) is 3.86. The maximum absolute atomic E-state index is 13.7. The summed E-state index contributed by atoms with van der Waals surface area (Å²) in [5.41, 5.74) is 1.29. The van der Waals surface area contributed by atoms with E-state index in [0.29, 0.717) is 41.5 Å². The lowest BCUT2D eigenvalue weighted by atomic mass is 10.0. The zero-order valence-electron chi connectivity index (χ0n) is 16.7. The zero-order chi connectivity index (χ0) is 21.3. The van der Waals surface area contributed by atoms with E-state index in [2.05, 4.69) is 10.4 Å². The van der Waals surface area contributed by atoms with Gasteiger partial charge in [-0.3, -0.25) is 0 Å². The third kappa shape index (κ3) is 3.46. The molecular formula is C22H22F3N3O2. The van der Waals surface area contributed by atoms with Crippen LogP contribution in [0.5, 0.6) is 11.5 Å². The summed E-state index contributed by atoms with van der Waals surface area (Å²) in [5.74, 6) is 1.68. The molecule has 0 aliphatic carbocycles. The van der Waals surface area contributed by atoms with Crippen LogP contribution in [-0.2, 0) is 12.6 Å². The molecule has 4 rings (SSSR count). The lowest BCUT2D eigenvalue weighted by Gasteiger charge is -2.15. The van der Waals surface area contributed by atoms with Crippen LogP contribution in [0.15, 0.2) is 42.5 Å². The molecule has 0 atom stereocenters. The van der Waals surface area contributed by atoms with Gasteiger partial charge in [-0.25, -0.2) is 4.68 Å². The zero-order valence-corrected chi connectivity index (χ0v) is 16.7. The highest BCUT2D eigenvalue weighted by molar-refractivity contribution is 5.80. The minimum absolute atomic E-state index is 0.0178. The van der Waals surface area contributed by atoms with E-state index >= 15 is 0 Å². The summed E-state index contributed by atoms with van der Waals surface area (Å²) in [6.45, 7) is 0.662. The van der Waals surface area contributed by atoms with Crippen LogP contribution in [0.1, 0.15) is 24.0 Å². The van der Waals surface area contributed by atoms with E-state index in [4.69, 9.17) is 9.47 Å². The molecule has 1 aliphatic heterocycles. The first-order valence-electron chi connectivity index (χ1n) is 9.69. The normalized spacial score (nSPS) is 13.9. The number of anilines is 1. The Morgan fingerprint density at radius 2 is 1.67 bits per heavy atom.